The van der Waals surface area contributed by atoms with Gasteiger partial charge in [-0.2, -0.15) is 0 Å². The van der Waals surface area contributed by atoms with Crippen LogP contribution in [0.15, 0.2) is 85.1 Å². The summed E-state index contributed by atoms with van der Waals surface area (Å²) in [6.07, 6.45) is 43.6. The van der Waals surface area contributed by atoms with Gasteiger partial charge in [0.2, 0.25) is 0 Å². The van der Waals surface area contributed by atoms with E-state index in [1.54, 1.807) is 12.2 Å². The van der Waals surface area contributed by atoms with Gasteiger partial charge in [-0.3, -0.25) is 4.79 Å². The van der Waals surface area contributed by atoms with E-state index in [9.17, 15) is 30.0 Å². The summed E-state index contributed by atoms with van der Waals surface area (Å²) in [5.74, 6) is -1.14. The number of rotatable bonds is 36. The van der Waals surface area contributed by atoms with Gasteiger partial charge < -0.3 is 39.4 Å². The van der Waals surface area contributed by atoms with Crippen LogP contribution in [-0.2, 0) is 28.5 Å². The SMILES string of the molecule is CCCCCCCC/C=C/CCCCCCCC(=O)O[C@H](COC(=O)C=C/C=C/C=C/C=C/C=C/C=C/CCCCCCCCC)CO[C@@H]1O[C@H](CO)[C@H](O)[C@H](O)[C@H]1O. The molecule has 0 amide bonds. The molecule has 0 spiro atoms. The lowest BCUT2D eigenvalue weighted by atomic mass is 9.99. The van der Waals surface area contributed by atoms with Gasteiger partial charge in [0.15, 0.2) is 12.4 Å². The molecule has 59 heavy (non-hydrogen) atoms. The highest BCUT2D eigenvalue weighted by atomic mass is 16.7. The second kappa shape index (κ2) is 39.0. The van der Waals surface area contributed by atoms with E-state index in [2.05, 4.69) is 38.2 Å². The fraction of sp³-hybridized carbons (Fsp3) is 0.673. The summed E-state index contributed by atoms with van der Waals surface area (Å²) < 4.78 is 21.9. The summed E-state index contributed by atoms with van der Waals surface area (Å²) in [5, 5.41) is 40.0. The minimum Gasteiger partial charge on any atom is -0.458 e. The molecule has 0 aromatic rings. The van der Waals surface area contributed by atoms with E-state index in [1.165, 1.54) is 95.6 Å². The zero-order chi connectivity index (χ0) is 43.0. The molecule has 0 radical (unpaired) electrons. The average Bonchev–Trinajstić information content (AvgIpc) is 3.23. The molecule has 4 N–H and O–H groups in total. The van der Waals surface area contributed by atoms with Crippen LogP contribution in [0, 0.1) is 0 Å². The third-order valence-electron chi connectivity index (χ3n) is 9.99. The molecule has 1 aliphatic rings. The van der Waals surface area contributed by atoms with Gasteiger partial charge in [0, 0.05) is 12.5 Å². The van der Waals surface area contributed by atoms with E-state index in [-0.39, 0.29) is 19.6 Å². The maximum Gasteiger partial charge on any atom is 0.330 e. The van der Waals surface area contributed by atoms with Crippen LogP contribution < -0.4 is 0 Å². The van der Waals surface area contributed by atoms with Crippen molar-refractivity contribution in [2.24, 2.45) is 0 Å². The zero-order valence-electron chi connectivity index (χ0n) is 36.5. The van der Waals surface area contributed by atoms with Crippen molar-refractivity contribution in [1.82, 2.24) is 0 Å². The van der Waals surface area contributed by atoms with Gasteiger partial charge in [-0.05, 0) is 44.9 Å². The third-order valence-corrected chi connectivity index (χ3v) is 9.99. The van der Waals surface area contributed by atoms with Crippen molar-refractivity contribution in [2.75, 3.05) is 19.8 Å². The Morgan fingerprint density at radius 1 is 0.559 bits per heavy atom. The molecule has 0 aromatic carbocycles. The van der Waals surface area contributed by atoms with Crippen molar-refractivity contribution in [2.45, 2.75) is 192 Å². The molecule has 6 atom stereocenters. The third kappa shape index (κ3) is 30.5. The molecule has 1 fully saturated rings. The Morgan fingerprint density at radius 3 is 1.58 bits per heavy atom. The largest absolute Gasteiger partial charge is 0.458 e. The summed E-state index contributed by atoms with van der Waals surface area (Å²) in [5.41, 5.74) is 0. The number of carbonyl (C=O) groups is 2. The Labute approximate surface area is 356 Å². The van der Waals surface area contributed by atoms with Crippen LogP contribution >= 0.6 is 0 Å². The maximum absolute atomic E-state index is 12.7. The molecule has 0 aromatic heterocycles. The Bertz CT molecular complexity index is 1230. The highest BCUT2D eigenvalue weighted by molar-refractivity contribution is 5.82. The van der Waals surface area contributed by atoms with E-state index >= 15 is 0 Å². The van der Waals surface area contributed by atoms with Crippen molar-refractivity contribution in [1.29, 1.82) is 0 Å². The molecule has 10 heteroatoms. The van der Waals surface area contributed by atoms with Crippen molar-refractivity contribution in [3.63, 3.8) is 0 Å². The first-order valence-electron chi connectivity index (χ1n) is 22.8. The second-order valence-electron chi connectivity index (χ2n) is 15.3. The van der Waals surface area contributed by atoms with Gasteiger partial charge in [-0.25, -0.2) is 4.79 Å². The lowest BCUT2D eigenvalue weighted by molar-refractivity contribution is -0.305. The Morgan fingerprint density at radius 2 is 1.03 bits per heavy atom. The van der Waals surface area contributed by atoms with Crippen molar-refractivity contribution < 1.29 is 49.0 Å². The number of hydrogen-bond acceptors (Lipinski definition) is 10. The Kier molecular flexibility index (Phi) is 35.7. The summed E-state index contributed by atoms with van der Waals surface area (Å²) in [7, 11) is 0. The molecule has 0 bridgehead atoms. The average molecular weight is 829 g/mol. The van der Waals surface area contributed by atoms with Crippen molar-refractivity contribution in [3.05, 3.63) is 85.1 Å². The van der Waals surface area contributed by atoms with E-state index < -0.39 is 55.4 Å². The molecule has 0 unspecified atom stereocenters. The number of aliphatic hydroxyl groups excluding tert-OH is 4. The van der Waals surface area contributed by atoms with E-state index in [0.717, 1.165) is 44.9 Å². The first-order chi connectivity index (χ1) is 28.8. The van der Waals surface area contributed by atoms with Crippen LogP contribution in [0.4, 0.5) is 0 Å². The minimum atomic E-state index is -1.62. The normalized spacial score (nSPS) is 20.8. The minimum absolute atomic E-state index is 0.183. The standard InChI is InChI=1S/C49H80O10/c1-3-5-7-9-11-13-15-17-19-20-21-22-24-25-27-29-31-33-35-37-44(51)56-40-42(41-57-49-48(55)47(54)46(53)43(39-50)59-49)58-45(52)38-36-34-32-30-28-26-23-18-16-14-12-10-8-6-4-2/h18-25,27,29,31,33,35,37,42-43,46-50,53-55H,3-17,26,28,30,32,34,36,38-41H2,1-2H3/b20-19+,22-21+,23-18+,25-24+,29-27+,33-31+,37-35?/t42-,43-,46+,47+,48-,49-/m1/s1. The molecule has 0 saturated carbocycles. The van der Waals surface area contributed by atoms with E-state index in [0.29, 0.717) is 6.42 Å². The lowest BCUT2D eigenvalue weighted by Gasteiger charge is -2.39. The molecule has 10 nitrogen and oxygen atoms in total. The number of ether oxygens (including phenoxy) is 4. The lowest BCUT2D eigenvalue weighted by Crippen LogP contribution is -2.59. The smallest absolute Gasteiger partial charge is 0.330 e. The number of aliphatic hydroxyl groups is 4. The van der Waals surface area contributed by atoms with Crippen LogP contribution in [0.1, 0.15) is 155 Å². The molecule has 336 valence electrons. The summed E-state index contributed by atoms with van der Waals surface area (Å²) in [4.78, 5) is 25.2. The van der Waals surface area contributed by atoms with Crippen molar-refractivity contribution in [3.8, 4) is 0 Å². The van der Waals surface area contributed by atoms with Gasteiger partial charge in [0.05, 0.1) is 13.2 Å². The molecular weight excluding hydrogens is 749 g/mol. The maximum atomic E-state index is 12.7. The van der Waals surface area contributed by atoms with Crippen LogP contribution in [0.25, 0.3) is 0 Å². The van der Waals surface area contributed by atoms with E-state index in [1.807, 2.05) is 36.5 Å². The first kappa shape index (κ1) is 53.9. The molecule has 1 aliphatic heterocycles. The van der Waals surface area contributed by atoms with Crippen LogP contribution in [0.5, 0.6) is 0 Å². The Balaban J connectivity index is 2.46. The number of unbranched alkanes of at least 4 members (excludes halogenated alkanes) is 18. The zero-order valence-corrected chi connectivity index (χ0v) is 36.5. The molecule has 1 saturated heterocycles. The highest BCUT2D eigenvalue weighted by Gasteiger charge is 2.44. The van der Waals surface area contributed by atoms with E-state index in [4.69, 9.17) is 18.9 Å². The summed E-state index contributed by atoms with van der Waals surface area (Å²) in [6.45, 7) is 3.21. The van der Waals surface area contributed by atoms with Gasteiger partial charge in [-0.15, -0.1) is 0 Å². The molecule has 0 aliphatic carbocycles. The molecular formula is C49H80O10. The highest BCUT2D eigenvalue weighted by Crippen LogP contribution is 2.22. The number of allylic oxidation sites excluding steroid dienone is 13. The topological polar surface area (TPSA) is 152 Å². The fourth-order valence-corrected chi connectivity index (χ4v) is 6.37. The predicted molar refractivity (Wildman–Crippen MR) is 237 cm³/mol. The monoisotopic (exact) mass is 829 g/mol. The first-order valence-corrected chi connectivity index (χ1v) is 22.8. The summed E-state index contributed by atoms with van der Waals surface area (Å²) in [6, 6.07) is 0. The Hall–Kier alpha value is -3.12. The fourth-order valence-electron chi connectivity index (χ4n) is 6.37. The number of hydrogen-bond donors (Lipinski definition) is 4. The predicted octanol–water partition coefficient (Wildman–Crippen LogP) is 9.77. The summed E-state index contributed by atoms with van der Waals surface area (Å²) >= 11 is 0. The second-order valence-corrected chi connectivity index (χ2v) is 15.3. The van der Waals surface area contributed by atoms with Gasteiger partial charge in [-0.1, -0.05) is 183 Å². The van der Waals surface area contributed by atoms with Crippen LogP contribution in [0.2, 0.25) is 0 Å². The van der Waals surface area contributed by atoms with Gasteiger partial charge in [0.25, 0.3) is 0 Å². The molecule has 1 rings (SSSR count). The van der Waals surface area contributed by atoms with Gasteiger partial charge >= 0.3 is 11.9 Å². The van der Waals surface area contributed by atoms with Crippen LogP contribution in [-0.4, -0.2) is 89.0 Å². The van der Waals surface area contributed by atoms with Crippen molar-refractivity contribution >= 4 is 11.9 Å². The quantitative estimate of drug-likeness (QED) is 0.0158. The number of esters is 2. The van der Waals surface area contributed by atoms with Crippen LogP contribution in [0.3, 0.4) is 0 Å². The van der Waals surface area contributed by atoms with Gasteiger partial charge in [0.1, 0.15) is 31.0 Å². The number of carbonyl (C=O) groups excluding carboxylic acids is 2. The molecule has 1 heterocycles.